The van der Waals surface area contributed by atoms with E-state index in [0.29, 0.717) is 22.8 Å². The van der Waals surface area contributed by atoms with Crippen LogP contribution in [0.15, 0.2) is 36.4 Å². The molecule has 1 fully saturated rings. The Morgan fingerprint density at radius 3 is 2.76 bits per heavy atom. The maximum Gasteiger partial charge on any atom is 0.255 e. The van der Waals surface area contributed by atoms with E-state index in [1.807, 2.05) is 18.2 Å². The minimum Gasteiger partial charge on any atom is -0.492 e. The van der Waals surface area contributed by atoms with Crippen LogP contribution >= 0.6 is 11.6 Å². The maximum atomic E-state index is 13.0. The molecule has 1 amide bonds. The van der Waals surface area contributed by atoms with Crippen molar-refractivity contribution < 1.29 is 18.3 Å². The lowest BCUT2D eigenvalue weighted by atomic mass is 10.0. The van der Waals surface area contributed by atoms with Gasteiger partial charge in [-0.3, -0.25) is 4.79 Å². The first-order chi connectivity index (χ1) is 11.4. The van der Waals surface area contributed by atoms with Crippen molar-refractivity contribution in [2.75, 3.05) is 11.9 Å². The fourth-order valence-corrected chi connectivity index (χ4v) is 3.21. The summed E-state index contributed by atoms with van der Waals surface area (Å²) in [5, 5.41) is 3.26. The zero-order valence-electron chi connectivity index (χ0n) is 12.6. The summed E-state index contributed by atoms with van der Waals surface area (Å²) in [5.41, 5.74) is 3.13. The number of ether oxygens (including phenoxy) is 1. The fourth-order valence-electron chi connectivity index (χ4n) is 2.93. The zero-order valence-corrected chi connectivity index (χ0v) is 13.4. The van der Waals surface area contributed by atoms with E-state index in [1.54, 1.807) is 18.2 Å². The van der Waals surface area contributed by atoms with E-state index in [1.165, 1.54) is 0 Å². The van der Waals surface area contributed by atoms with Gasteiger partial charge in [0.25, 0.3) is 5.92 Å². The number of hydrogen-bond donors (Lipinski definition) is 1. The van der Waals surface area contributed by atoms with Gasteiger partial charge in [0.15, 0.2) is 0 Å². The quantitative estimate of drug-likeness (QED) is 0.811. The summed E-state index contributed by atoms with van der Waals surface area (Å²) in [6.07, 6.45) is 0.188. The molecular weight excluding hydrogens is 348 g/mol. The summed E-state index contributed by atoms with van der Waals surface area (Å²) in [4.78, 5) is 11.5. The van der Waals surface area contributed by atoms with Gasteiger partial charge in [0, 0.05) is 17.7 Å². The van der Waals surface area contributed by atoms with Crippen LogP contribution in [0.1, 0.15) is 19.4 Å². The molecule has 25 heavy (non-hydrogen) atoms. The lowest BCUT2D eigenvalue weighted by molar-refractivity contribution is -0.115. The normalized spacial score (nSPS) is 19.6. The second kappa shape index (κ2) is 6.30. The Labute approximate surface area is 149 Å². The van der Waals surface area contributed by atoms with Crippen molar-refractivity contribution in [3.8, 4) is 16.9 Å². The lowest BCUT2D eigenvalue weighted by Crippen LogP contribution is -2.06. The van der Waals surface area contributed by atoms with E-state index in [0.717, 1.165) is 16.8 Å². The van der Waals surface area contributed by atoms with E-state index >= 15 is 0 Å². The summed E-state index contributed by atoms with van der Waals surface area (Å²) in [6, 6.07) is 10.7. The average Bonchev–Trinajstić information content (AvgIpc) is 2.96. The molecule has 0 bridgehead atoms. The SMILES string of the molecule is C.O=C1Cc2cc(-c3c(Cl)cccc3OCC3CC3(F)F)ccc2N1. The Hall–Kier alpha value is -2.14. The number of alkyl halides is 2. The van der Waals surface area contributed by atoms with Gasteiger partial charge < -0.3 is 10.1 Å². The summed E-state index contributed by atoms with van der Waals surface area (Å²) < 4.78 is 31.7. The summed E-state index contributed by atoms with van der Waals surface area (Å²) in [6.45, 7) is -0.0364. The van der Waals surface area contributed by atoms with Crippen LogP contribution in [0.5, 0.6) is 5.75 Å². The molecule has 1 heterocycles. The van der Waals surface area contributed by atoms with Crippen molar-refractivity contribution in [2.24, 2.45) is 5.92 Å². The monoisotopic (exact) mass is 365 g/mol. The number of carbonyl (C=O) groups is 1. The summed E-state index contributed by atoms with van der Waals surface area (Å²) in [5.74, 6) is -2.92. The minimum atomic E-state index is -2.61. The summed E-state index contributed by atoms with van der Waals surface area (Å²) >= 11 is 6.32. The Kier molecular flexibility index (Phi) is 4.45. The number of amides is 1. The highest BCUT2D eigenvalue weighted by Crippen LogP contribution is 2.49. The predicted molar refractivity (Wildman–Crippen MR) is 94.5 cm³/mol. The van der Waals surface area contributed by atoms with Gasteiger partial charge >= 0.3 is 0 Å². The van der Waals surface area contributed by atoms with Crippen molar-refractivity contribution in [3.63, 3.8) is 0 Å². The zero-order chi connectivity index (χ0) is 16.9. The molecule has 2 aromatic carbocycles. The van der Waals surface area contributed by atoms with Crippen LogP contribution < -0.4 is 10.1 Å². The van der Waals surface area contributed by atoms with Gasteiger partial charge in [-0.25, -0.2) is 8.78 Å². The third-order valence-corrected chi connectivity index (χ3v) is 4.71. The molecule has 132 valence electrons. The van der Waals surface area contributed by atoms with Gasteiger partial charge in [-0.2, -0.15) is 0 Å². The molecule has 1 saturated carbocycles. The van der Waals surface area contributed by atoms with Gasteiger partial charge in [-0.15, -0.1) is 0 Å². The molecule has 0 saturated heterocycles. The first-order valence-corrected chi connectivity index (χ1v) is 8.04. The van der Waals surface area contributed by atoms with Crippen LogP contribution in [0.25, 0.3) is 11.1 Å². The molecule has 1 aliphatic heterocycles. The molecular formula is C19H18ClF2NO2. The molecule has 0 radical (unpaired) electrons. The van der Waals surface area contributed by atoms with E-state index in [4.69, 9.17) is 16.3 Å². The molecule has 1 aliphatic carbocycles. The van der Waals surface area contributed by atoms with Crippen LogP contribution in [0.4, 0.5) is 14.5 Å². The van der Waals surface area contributed by atoms with Crippen molar-refractivity contribution in [3.05, 3.63) is 47.0 Å². The Morgan fingerprint density at radius 1 is 1.28 bits per heavy atom. The van der Waals surface area contributed by atoms with Crippen LogP contribution in [0, 0.1) is 5.92 Å². The van der Waals surface area contributed by atoms with Gasteiger partial charge in [0.05, 0.1) is 24.0 Å². The van der Waals surface area contributed by atoms with E-state index in [2.05, 4.69) is 5.32 Å². The number of halogens is 3. The number of nitrogens with one attached hydrogen (secondary N) is 1. The number of fused-ring (bicyclic) bond motifs is 1. The van der Waals surface area contributed by atoms with Crippen LogP contribution in [0.3, 0.4) is 0 Å². The standard InChI is InChI=1S/C18H14ClF2NO2.CH4/c19-13-2-1-3-15(24-9-12-8-18(12,20)21)17(13)10-4-5-14-11(6-10)7-16(23)22-14;/h1-6,12H,7-9H2,(H,22,23);1H4. The lowest BCUT2D eigenvalue weighted by Gasteiger charge is -2.14. The third-order valence-electron chi connectivity index (χ3n) is 4.39. The Balaban J connectivity index is 0.00000182. The molecule has 1 atom stereocenters. The van der Waals surface area contributed by atoms with E-state index in [-0.39, 0.29) is 26.4 Å². The first-order valence-electron chi connectivity index (χ1n) is 7.66. The van der Waals surface area contributed by atoms with Gasteiger partial charge in [0.2, 0.25) is 5.91 Å². The van der Waals surface area contributed by atoms with Gasteiger partial charge in [-0.05, 0) is 35.4 Å². The molecule has 3 nitrogen and oxygen atoms in total. The largest absolute Gasteiger partial charge is 0.492 e. The second-order valence-corrected chi connectivity index (χ2v) is 6.59. The number of hydrogen-bond acceptors (Lipinski definition) is 2. The van der Waals surface area contributed by atoms with Crippen LogP contribution in [0.2, 0.25) is 5.02 Å². The Bertz CT molecular complexity index is 838. The molecule has 0 spiro atoms. The van der Waals surface area contributed by atoms with Crippen molar-refractivity contribution in [1.29, 1.82) is 0 Å². The van der Waals surface area contributed by atoms with Gasteiger partial charge in [-0.1, -0.05) is 31.2 Å². The number of rotatable bonds is 4. The molecule has 4 rings (SSSR count). The second-order valence-electron chi connectivity index (χ2n) is 6.18. The van der Waals surface area contributed by atoms with Crippen molar-refractivity contribution >= 4 is 23.2 Å². The topological polar surface area (TPSA) is 38.3 Å². The molecule has 6 heteroatoms. The number of benzene rings is 2. The highest BCUT2D eigenvalue weighted by atomic mass is 35.5. The van der Waals surface area contributed by atoms with Crippen molar-refractivity contribution in [2.45, 2.75) is 26.2 Å². The van der Waals surface area contributed by atoms with Crippen LogP contribution in [-0.4, -0.2) is 18.4 Å². The maximum absolute atomic E-state index is 13.0. The summed E-state index contributed by atoms with van der Waals surface area (Å²) in [7, 11) is 0. The van der Waals surface area contributed by atoms with Crippen LogP contribution in [-0.2, 0) is 11.2 Å². The number of carbonyl (C=O) groups excluding carboxylic acids is 1. The average molecular weight is 366 g/mol. The predicted octanol–water partition coefficient (Wildman–Crippen LogP) is 5.17. The van der Waals surface area contributed by atoms with E-state index < -0.39 is 11.8 Å². The molecule has 1 N–H and O–H groups in total. The smallest absolute Gasteiger partial charge is 0.255 e. The molecule has 0 aromatic heterocycles. The van der Waals surface area contributed by atoms with Crippen molar-refractivity contribution in [1.82, 2.24) is 0 Å². The highest BCUT2D eigenvalue weighted by molar-refractivity contribution is 6.33. The molecule has 2 aromatic rings. The van der Waals surface area contributed by atoms with Gasteiger partial charge in [0.1, 0.15) is 5.75 Å². The number of anilines is 1. The highest BCUT2D eigenvalue weighted by Gasteiger charge is 2.57. The molecule has 2 aliphatic rings. The minimum absolute atomic E-state index is 0. The Morgan fingerprint density at radius 2 is 2.04 bits per heavy atom. The third kappa shape index (κ3) is 3.33. The van der Waals surface area contributed by atoms with E-state index in [9.17, 15) is 13.6 Å². The molecule has 1 unspecified atom stereocenters. The first kappa shape index (κ1) is 17.7. The fraction of sp³-hybridized carbons (Fsp3) is 0.316.